The highest BCUT2D eigenvalue weighted by molar-refractivity contribution is 9.10. The lowest BCUT2D eigenvalue weighted by molar-refractivity contribution is -0.117. The molecule has 108 valence electrons. The Hall–Kier alpha value is -1.42. The first-order chi connectivity index (χ1) is 10.2. The molecule has 0 bridgehead atoms. The Kier molecular flexibility index (Phi) is 3.21. The Morgan fingerprint density at radius 1 is 1.24 bits per heavy atom. The molecule has 2 atom stereocenters. The van der Waals surface area contributed by atoms with Gasteiger partial charge < -0.3 is 5.32 Å². The van der Waals surface area contributed by atoms with E-state index in [1.807, 2.05) is 24.3 Å². The van der Waals surface area contributed by atoms with Crippen molar-refractivity contribution < 1.29 is 4.79 Å². The van der Waals surface area contributed by atoms with E-state index in [0.29, 0.717) is 11.8 Å². The molecule has 21 heavy (non-hydrogen) atoms. The van der Waals surface area contributed by atoms with E-state index in [0.717, 1.165) is 21.1 Å². The third-order valence-electron chi connectivity index (χ3n) is 4.89. The maximum Gasteiger partial charge on any atom is 0.228 e. The zero-order valence-corrected chi connectivity index (χ0v) is 13.3. The van der Waals surface area contributed by atoms with E-state index in [4.69, 9.17) is 0 Å². The summed E-state index contributed by atoms with van der Waals surface area (Å²) >= 11 is 3.43. The van der Waals surface area contributed by atoms with Gasteiger partial charge in [0.1, 0.15) is 0 Å². The molecule has 1 heterocycles. The molecule has 0 saturated heterocycles. The zero-order valence-electron chi connectivity index (χ0n) is 11.7. The van der Waals surface area contributed by atoms with E-state index in [9.17, 15) is 4.79 Å². The Labute approximate surface area is 132 Å². The van der Waals surface area contributed by atoms with Crippen molar-refractivity contribution in [2.45, 2.75) is 25.7 Å². The molecule has 2 aliphatic carbocycles. The largest absolute Gasteiger partial charge is 0.324 e. The van der Waals surface area contributed by atoms with Gasteiger partial charge in [0.25, 0.3) is 0 Å². The van der Waals surface area contributed by atoms with E-state index >= 15 is 0 Å². The Bertz CT molecular complexity index is 703. The van der Waals surface area contributed by atoms with Crippen LogP contribution in [-0.2, 0) is 4.79 Å². The molecular formula is C17H17BrN2O. The lowest BCUT2D eigenvalue weighted by Gasteiger charge is -2.08. The molecule has 1 N–H and O–H groups in total. The molecular weight excluding hydrogens is 328 g/mol. The molecule has 1 aromatic carbocycles. The lowest BCUT2D eigenvalue weighted by atomic mass is 10.0. The van der Waals surface area contributed by atoms with Gasteiger partial charge in [-0.3, -0.25) is 9.78 Å². The SMILES string of the molecule is O=C(Nc1cccc2cc(Br)cnc12)C1C2CCCCC21. The average Bonchev–Trinajstić information content (AvgIpc) is 3.21. The number of halogens is 1. The highest BCUT2D eigenvalue weighted by Gasteiger charge is 2.54. The van der Waals surface area contributed by atoms with E-state index < -0.39 is 0 Å². The van der Waals surface area contributed by atoms with E-state index in [1.54, 1.807) is 6.20 Å². The van der Waals surface area contributed by atoms with Gasteiger partial charge in [0.2, 0.25) is 5.91 Å². The summed E-state index contributed by atoms with van der Waals surface area (Å²) < 4.78 is 0.951. The number of carbonyl (C=O) groups is 1. The second kappa shape index (κ2) is 5.09. The van der Waals surface area contributed by atoms with Gasteiger partial charge in [-0.15, -0.1) is 0 Å². The maximum absolute atomic E-state index is 12.5. The number of anilines is 1. The minimum atomic E-state index is 0.184. The van der Waals surface area contributed by atoms with Crippen LogP contribution in [0.5, 0.6) is 0 Å². The van der Waals surface area contributed by atoms with Gasteiger partial charge in [-0.2, -0.15) is 0 Å². The third kappa shape index (κ3) is 2.35. The van der Waals surface area contributed by atoms with Crippen LogP contribution in [0, 0.1) is 17.8 Å². The van der Waals surface area contributed by atoms with Crippen LogP contribution in [0.4, 0.5) is 5.69 Å². The first-order valence-corrected chi connectivity index (χ1v) is 8.38. The summed E-state index contributed by atoms with van der Waals surface area (Å²) in [4.78, 5) is 16.9. The van der Waals surface area contributed by atoms with Crippen molar-refractivity contribution in [1.29, 1.82) is 0 Å². The van der Waals surface area contributed by atoms with Crippen LogP contribution in [0.25, 0.3) is 10.9 Å². The molecule has 0 radical (unpaired) electrons. The van der Waals surface area contributed by atoms with Crippen LogP contribution < -0.4 is 5.32 Å². The fraction of sp³-hybridized carbons (Fsp3) is 0.412. The highest BCUT2D eigenvalue weighted by Crippen LogP contribution is 2.55. The second-order valence-corrected chi connectivity index (χ2v) is 7.07. The first-order valence-electron chi connectivity index (χ1n) is 7.59. The number of amides is 1. The van der Waals surface area contributed by atoms with Gasteiger partial charge in [0, 0.05) is 22.0 Å². The van der Waals surface area contributed by atoms with Crippen molar-refractivity contribution in [2.24, 2.45) is 17.8 Å². The molecule has 2 aromatic rings. The number of nitrogens with one attached hydrogen (secondary N) is 1. The van der Waals surface area contributed by atoms with Gasteiger partial charge in [-0.1, -0.05) is 25.0 Å². The minimum Gasteiger partial charge on any atom is -0.324 e. The summed E-state index contributed by atoms with van der Waals surface area (Å²) in [6.45, 7) is 0. The third-order valence-corrected chi connectivity index (χ3v) is 5.33. The fourth-order valence-electron chi connectivity index (χ4n) is 3.83. The standard InChI is InChI=1S/C17H17BrN2O/c18-11-8-10-4-3-7-14(16(10)19-9-11)20-17(21)15-12-5-1-2-6-13(12)15/h3-4,7-9,12-13,15H,1-2,5-6H2,(H,20,21). The van der Waals surface area contributed by atoms with Gasteiger partial charge in [-0.05, 0) is 52.7 Å². The summed E-state index contributed by atoms with van der Waals surface area (Å²) in [6, 6.07) is 7.94. The second-order valence-electron chi connectivity index (χ2n) is 6.16. The van der Waals surface area contributed by atoms with Crippen molar-refractivity contribution in [3.63, 3.8) is 0 Å². The summed E-state index contributed by atoms with van der Waals surface area (Å²) in [7, 11) is 0. The summed E-state index contributed by atoms with van der Waals surface area (Å²) in [5, 5.41) is 4.14. The van der Waals surface area contributed by atoms with Crippen LogP contribution in [-0.4, -0.2) is 10.9 Å². The molecule has 3 nitrogen and oxygen atoms in total. The van der Waals surface area contributed by atoms with Crippen molar-refractivity contribution in [3.05, 3.63) is 34.9 Å². The Morgan fingerprint density at radius 2 is 2.00 bits per heavy atom. The van der Waals surface area contributed by atoms with Gasteiger partial charge in [0.05, 0.1) is 11.2 Å². The van der Waals surface area contributed by atoms with Crippen LogP contribution in [0.1, 0.15) is 25.7 Å². The Balaban J connectivity index is 1.58. The quantitative estimate of drug-likeness (QED) is 0.878. The minimum absolute atomic E-state index is 0.184. The predicted molar refractivity (Wildman–Crippen MR) is 87.0 cm³/mol. The average molecular weight is 345 g/mol. The molecule has 1 aromatic heterocycles. The molecule has 2 fully saturated rings. The first kappa shape index (κ1) is 13.3. The monoisotopic (exact) mass is 344 g/mol. The molecule has 0 spiro atoms. The number of hydrogen-bond acceptors (Lipinski definition) is 2. The van der Waals surface area contributed by atoms with Crippen LogP contribution in [0.15, 0.2) is 34.9 Å². The highest BCUT2D eigenvalue weighted by atomic mass is 79.9. The van der Waals surface area contributed by atoms with Crippen LogP contribution in [0.3, 0.4) is 0 Å². The number of benzene rings is 1. The van der Waals surface area contributed by atoms with E-state index in [2.05, 4.69) is 26.2 Å². The number of nitrogens with zero attached hydrogens (tertiary/aromatic N) is 1. The molecule has 4 heteroatoms. The fourth-order valence-corrected chi connectivity index (χ4v) is 4.18. The van der Waals surface area contributed by atoms with Crippen LogP contribution >= 0.6 is 15.9 Å². The number of rotatable bonds is 2. The van der Waals surface area contributed by atoms with Gasteiger partial charge in [-0.25, -0.2) is 0 Å². The lowest BCUT2D eigenvalue weighted by Crippen LogP contribution is -2.15. The number of fused-ring (bicyclic) bond motifs is 2. The van der Waals surface area contributed by atoms with E-state index in [1.165, 1.54) is 25.7 Å². The van der Waals surface area contributed by atoms with E-state index in [-0.39, 0.29) is 11.8 Å². The normalized spacial score (nSPS) is 27.2. The summed E-state index contributed by atoms with van der Waals surface area (Å²) in [5.41, 5.74) is 1.69. The van der Waals surface area contributed by atoms with Crippen molar-refractivity contribution in [2.75, 3.05) is 5.32 Å². The van der Waals surface area contributed by atoms with Crippen molar-refractivity contribution in [3.8, 4) is 0 Å². The summed E-state index contributed by atoms with van der Waals surface area (Å²) in [6.07, 6.45) is 6.80. The molecule has 2 saturated carbocycles. The number of carbonyl (C=O) groups excluding carboxylic acids is 1. The molecule has 0 aliphatic heterocycles. The Morgan fingerprint density at radius 3 is 2.76 bits per heavy atom. The number of pyridine rings is 1. The predicted octanol–water partition coefficient (Wildman–Crippen LogP) is 4.37. The molecule has 4 rings (SSSR count). The molecule has 2 unspecified atom stereocenters. The van der Waals surface area contributed by atoms with Crippen molar-refractivity contribution in [1.82, 2.24) is 4.98 Å². The number of aromatic nitrogens is 1. The number of hydrogen-bond donors (Lipinski definition) is 1. The molecule has 1 amide bonds. The van der Waals surface area contributed by atoms with Crippen molar-refractivity contribution >= 4 is 38.4 Å². The molecule has 2 aliphatic rings. The maximum atomic E-state index is 12.5. The van der Waals surface area contributed by atoms with Gasteiger partial charge >= 0.3 is 0 Å². The van der Waals surface area contributed by atoms with Gasteiger partial charge in [0.15, 0.2) is 0 Å². The number of para-hydroxylation sites is 1. The zero-order chi connectivity index (χ0) is 14.4. The topological polar surface area (TPSA) is 42.0 Å². The smallest absolute Gasteiger partial charge is 0.228 e. The van der Waals surface area contributed by atoms with Crippen LogP contribution in [0.2, 0.25) is 0 Å². The summed E-state index contributed by atoms with van der Waals surface area (Å²) in [5.74, 6) is 1.69.